The van der Waals surface area contributed by atoms with Crippen molar-refractivity contribution in [3.63, 3.8) is 0 Å². The molecule has 3 rings (SSSR count). The molecule has 26 heavy (non-hydrogen) atoms. The first kappa shape index (κ1) is 19.5. The summed E-state index contributed by atoms with van der Waals surface area (Å²) in [5, 5.41) is 6.03. The van der Waals surface area contributed by atoms with Crippen molar-refractivity contribution in [3.8, 4) is 0 Å². The van der Waals surface area contributed by atoms with Crippen LogP contribution in [0.25, 0.3) is 0 Å². The third-order valence-electron chi connectivity index (χ3n) is 4.69. The molecule has 2 heterocycles. The summed E-state index contributed by atoms with van der Waals surface area (Å²) in [6.45, 7) is 7.50. The number of nitrogens with zero attached hydrogens (tertiary/aromatic N) is 4. The highest BCUT2D eigenvalue weighted by Crippen LogP contribution is 2.24. The first-order valence-corrected chi connectivity index (χ1v) is 9.65. The second-order valence-electron chi connectivity index (χ2n) is 6.57. The number of halogens is 3. The molecular formula is C18H21Cl3N4O. The van der Waals surface area contributed by atoms with E-state index < -0.39 is 0 Å². The van der Waals surface area contributed by atoms with Gasteiger partial charge in [-0.1, -0.05) is 40.9 Å². The molecule has 140 valence electrons. The summed E-state index contributed by atoms with van der Waals surface area (Å²) in [5.41, 5.74) is 1.85. The lowest BCUT2D eigenvalue weighted by Crippen LogP contribution is -2.49. The first-order valence-electron chi connectivity index (χ1n) is 8.51. The van der Waals surface area contributed by atoms with Crippen molar-refractivity contribution in [2.45, 2.75) is 26.4 Å². The Hall–Kier alpha value is -1.27. The second kappa shape index (κ2) is 8.17. The minimum atomic E-state index is -0.358. The number of aromatic nitrogens is 2. The molecule has 0 spiro atoms. The Labute approximate surface area is 168 Å². The van der Waals surface area contributed by atoms with Gasteiger partial charge in [-0.3, -0.25) is 14.4 Å². The standard InChI is InChI=1S/C18H21Cl3N4O/c1-12-17(21)11-25(22-12)13(2)18(26)24-7-5-23(6-8-24)10-14-3-4-15(19)16(20)9-14/h3-4,9,11,13H,5-8,10H2,1-2H3. The molecule has 1 aromatic carbocycles. The van der Waals surface area contributed by atoms with E-state index in [1.165, 1.54) is 0 Å². The Morgan fingerprint density at radius 3 is 2.38 bits per heavy atom. The van der Waals surface area contributed by atoms with Crippen molar-refractivity contribution in [2.75, 3.05) is 26.2 Å². The minimum Gasteiger partial charge on any atom is -0.338 e. The van der Waals surface area contributed by atoms with E-state index in [9.17, 15) is 4.79 Å². The van der Waals surface area contributed by atoms with Crippen LogP contribution in [0.3, 0.4) is 0 Å². The van der Waals surface area contributed by atoms with Crippen LogP contribution in [0.5, 0.6) is 0 Å². The maximum Gasteiger partial charge on any atom is 0.247 e. The topological polar surface area (TPSA) is 41.4 Å². The van der Waals surface area contributed by atoms with Crippen LogP contribution in [0.2, 0.25) is 15.1 Å². The van der Waals surface area contributed by atoms with E-state index in [1.54, 1.807) is 10.9 Å². The molecule has 5 nitrogen and oxygen atoms in total. The zero-order valence-corrected chi connectivity index (χ0v) is 17.0. The number of rotatable bonds is 4. The number of carbonyl (C=O) groups excluding carboxylic acids is 1. The van der Waals surface area contributed by atoms with Crippen LogP contribution in [0.15, 0.2) is 24.4 Å². The Kier molecular flexibility index (Phi) is 6.13. The number of piperazine rings is 1. The summed E-state index contributed by atoms with van der Waals surface area (Å²) in [6, 6.07) is 5.34. The van der Waals surface area contributed by atoms with Gasteiger partial charge in [0.1, 0.15) is 6.04 Å². The average Bonchev–Trinajstić information content (AvgIpc) is 2.96. The van der Waals surface area contributed by atoms with Gasteiger partial charge in [0, 0.05) is 38.9 Å². The third kappa shape index (κ3) is 4.34. The van der Waals surface area contributed by atoms with Crippen molar-refractivity contribution in [1.29, 1.82) is 0 Å². The summed E-state index contributed by atoms with van der Waals surface area (Å²) < 4.78 is 1.64. The van der Waals surface area contributed by atoms with Gasteiger partial charge in [-0.25, -0.2) is 0 Å². The van der Waals surface area contributed by atoms with Crippen molar-refractivity contribution >= 4 is 40.7 Å². The quantitative estimate of drug-likeness (QED) is 0.756. The molecule has 0 radical (unpaired) electrons. The molecular weight excluding hydrogens is 395 g/mol. The van der Waals surface area contributed by atoms with Gasteiger partial charge in [-0.05, 0) is 31.5 Å². The number of benzene rings is 1. The highest BCUT2D eigenvalue weighted by molar-refractivity contribution is 6.42. The van der Waals surface area contributed by atoms with Crippen LogP contribution in [-0.4, -0.2) is 51.7 Å². The second-order valence-corrected chi connectivity index (χ2v) is 7.79. The van der Waals surface area contributed by atoms with Crippen LogP contribution in [0.1, 0.15) is 24.2 Å². The van der Waals surface area contributed by atoms with Crippen molar-refractivity contribution in [3.05, 3.63) is 50.7 Å². The molecule has 0 saturated carbocycles. The number of amides is 1. The molecule has 1 saturated heterocycles. The van der Waals surface area contributed by atoms with Gasteiger partial charge < -0.3 is 4.90 Å². The fourth-order valence-corrected chi connectivity index (χ4v) is 3.52. The number of hydrogen-bond donors (Lipinski definition) is 0. The zero-order chi connectivity index (χ0) is 18.8. The Morgan fingerprint density at radius 1 is 1.12 bits per heavy atom. The van der Waals surface area contributed by atoms with E-state index in [0.29, 0.717) is 28.2 Å². The average molecular weight is 416 g/mol. The van der Waals surface area contributed by atoms with Crippen molar-refractivity contribution in [1.82, 2.24) is 19.6 Å². The lowest BCUT2D eigenvalue weighted by molar-refractivity contribution is -0.136. The molecule has 1 aliphatic heterocycles. The van der Waals surface area contributed by atoms with Gasteiger partial charge in [-0.15, -0.1) is 0 Å². The predicted molar refractivity (Wildman–Crippen MR) is 105 cm³/mol. The Morgan fingerprint density at radius 2 is 1.81 bits per heavy atom. The van der Waals surface area contributed by atoms with Crippen LogP contribution in [-0.2, 0) is 11.3 Å². The largest absolute Gasteiger partial charge is 0.338 e. The molecule has 1 aliphatic rings. The van der Waals surface area contributed by atoms with E-state index in [-0.39, 0.29) is 11.9 Å². The fourth-order valence-electron chi connectivity index (χ4n) is 3.06. The summed E-state index contributed by atoms with van der Waals surface area (Å²) in [7, 11) is 0. The van der Waals surface area contributed by atoms with Gasteiger partial charge >= 0.3 is 0 Å². The van der Waals surface area contributed by atoms with Crippen molar-refractivity contribution in [2.24, 2.45) is 0 Å². The lowest BCUT2D eigenvalue weighted by Gasteiger charge is -2.36. The molecule has 1 aromatic heterocycles. The van der Waals surface area contributed by atoms with Gasteiger partial charge in [0.15, 0.2) is 0 Å². The van der Waals surface area contributed by atoms with E-state index in [0.717, 1.165) is 30.9 Å². The van der Waals surface area contributed by atoms with E-state index >= 15 is 0 Å². The van der Waals surface area contributed by atoms with Crippen molar-refractivity contribution < 1.29 is 4.79 Å². The summed E-state index contributed by atoms with van der Waals surface area (Å²) >= 11 is 18.1. The third-order valence-corrected chi connectivity index (χ3v) is 5.80. The molecule has 1 unspecified atom stereocenters. The van der Waals surface area contributed by atoms with Gasteiger partial charge in [0.2, 0.25) is 5.91 Å². The first-order chi connectivity index (χ1) is 12.3. The minimum absolute atomic E-state index is 0.0679. The maximum absolute atomic E-state index is 12.7. The fraction of sp³-hybridized carbons (Fsp3) is 0.444. The predicted octanol–water partition coefficient (Wildman–Crippen LogP) is 4.06. The summed E-state index contributed by atoms with van der Waals surface area (Å²) in [4.78, 5) is 16.9. The highest BCUT2D eigenvalue weighted by atomic mass is 35.5. The van der Waals surface area contributed by atoms with Crippen LogP contribution >= 0.6 is 34.8 Å². The van der Waals surface area contributed by atoms with Crippen LogP contribution in [0.4, 0.5) is 0 Å². The van der Waals surface area contributed by atoms with Gasteiger partial charge in [0.25, 0.3) is 0 Å². The van der Waals surface area contributed by atoms with Crippen LogP contribution < -0.4 is 0 Å². The molecule has 8 heteroatoms. The van der Waals surface area contributed by atoms with Crippen LogP contribution in [0, 0.1) is 6.92 Å². The number of hydrogen-bond acceptors (Lipinski definition) is 3. The van der Waals surface area contributed by atoms with E-state index in [2.05, 4.69) is 10.00 Å². The summed E-state index contributed by atoms with van der Waals surface area (Å²) in [6.07, 6.45) is 1.71. The maximum atomic E-state index is 12.7. The molecule has 1 amide bonds. The SMILES string of the molecule is Cc1nn(C(C)C(=O)N2CCN(Cc3ccc(Cl)c(Cl)c3)CC2)cc1Cl. The molecule has 0 N–H and O–H groups in total. The number of aryl methyl sites for hydroxylation is 1. The zero-order valence-electron chi connectivity index (χ0n) is 14.8. The molecule has 0 aliphatic carbocycles. The Bertz CT molecular complexity index is 780. The molecule has 1 fully saturated rings. The van der Waals surface area contributed by atoms with E-state index in [1.807, 2.05) is 36.9 Å². The highest BCUT2D eigenvalue weighted by Gasteiger charge is 2.26. The van der Waals surface area contributed by atoms with Gasteiger partial charge in [0.05, 0.1) is 20.8 Å². The smallest absolute Gasteiger partial charge is 0.247 e. The molecule has 1 atom stereocenters. The summed E-state index contributed by atoms with van der Waals surface area (Å²) in [5.74, 6) is 0.0679. The Balaban J connectivity index is 1.55. The normalized spacial score (nSPS) is 16.7. The van der Waals surface area contributed by atoms with E-state index in [4.69, 9.17) is 34.8 Å². The van der Waals surface area contributed by atoms with Gasteiger partial charge in [-0.2, -0.15) is 5.10 Å². The lowest BCUT2D eigenvalue weighted by atomic mass is 10.2. The monoisotopic (exact) mass is 414 g/mol. The molecule has 0 bridgehead atoms. The molecule has 2 aromatic rings. The number of carbonyl (C=O) groups is 1.